The van der Waals surface area contributed by atoms with Crippen molar-refractivity contribution in [2.45, 2.75) is 26.1 Å². The number of benzene rings is 1. The van der Waals surface area contributed by atoms with Crippen LogP contribution in [-0.4, -0.2) is 69.1 Å². The van der Waals surface area contributed by atoms with Crippen LogP contribution in [0.15, 0.2) is 24.3 Å². The number of halogens is 3. The van der Waals surface area contributed by atoms with Gasteiger partial charge in [0.1, 0.15) is 0 Å². The van der Waals surface area contributed by atoms with Crippen molar-refractivity contribution in [1.29, 1.82) is 0 Å². The van der Waals surface area contributed by atoms with Crippen molar-refractivity contribution in [2.75, 3.05) is 51.2 Å². The molecular weight excluding hydrogens is 373 g/mol. The van der Waals surface area contributed by atoms with E-state index in [0.29, 0.717) is 31.9 Å². The molecule has 1 saturated heterocycles. The summed E-state index contributed by atoms with van der Waals surface area (Å²) < 4.78 is 38.6. The maximum absolute atomic E-state index is 12.9. The van der Waals surface area contributed by atoms with Gasteiger partial charge in [0.2, 0.25) is 0 Å². The normalized spacial score (nSPS) is 16.2. The van der Waals surface area contributed by atoms with Crippen LogP contribution in [0.1, 0.15) is 19.4 Å². The van der Waals surface area contributed by atoms with Gasteiger partial charge in [0, 0.05) is 37.9 Å². The second kappa shape index (κ2) is 9.27. The van der Waals surface area contributed by atoms with Gasteiger partial charge < -0.3 is 20.0 Å². The summed E-state index contributed by atoms with van der Waals surface area (Å²) in [5, 5.41) is 2.79. The lowest BCUT2D eigenvalue weighted by Crippen LogP contribution is -3.11. The molecule has 1 fully saturated rings. The number of nitrogens with one attached hydrogen (secondary N) is 2. The molecule has 2 N–H and O–H groups in total. The number of quaternary nitrogens is 1. The van der Waals surface area contributed by atoms with Gasteiger partial charge in [-0.05, 0) is 32.0 Å². The van der Waals surface area contributed by atoms with E-state index in [0.717, 1.165) is 17.0 Å². The Morgan fingerprint density at radius 2 is 1.79 bits per heavy atom. The summed E-state index contributed by atoms with van der Waals surface area (Å²) >= 11 is 0. The van der Waals surface area contributed by atoms with Crippen molar-refractivity contribution >= 4 is 17.5 Å². The second-order valence-corrected chi connectivity index (χ2v) is 7.45. The number of piperazine rings is 1. The topological polar surface area (TPSA) is 57.1 Å². The third-order valence-corrected chi connectivity index (χ3v) is 4.54. The largest absolute Gasteiger partial charge is 0.416 e. The number of hydrogen-bond donors (Lipinski definition) is 2. The molecule has 156 valence electrons. The van der Waals surface area contributed by atoms with E-state index in [2.05, 4.69) is 5.32 Å². The Morgan fingerprint density at radius 3 is 2.36 bits per heavy atom. The van der Waals surface area contributed by atoms with Crippen LogP contribution < -0.4 is 15.1 Å². The molecule has 1 aromatic carbocycles. The molecule has 9 heteroatoms. The molecule has 2 rings (SSSR count). The number of nitrogens with zero attached hydrogens (tertiary/aromatic N) is 2. The van der Waals surface area contributed by atoms with E-state index in [-0.39, 0.29) is 30.9 Å². The highest BCUT2D eigenvalue weighted by Gasteiger charge is 2.31. The maximum atomic E-state index is 12.9. The maximum Gasteiger partial charge on any atom is 0.416 e. The van der Waals surface area contributed by atoms with E-state index in [1.54, 1.807) is 18.0 Å². The molecule has 0 aliphatic carbocycles. The molecule has 0 spiro atoms. The average molecular weight is 401 g/mol. The minimum absolute atomic E-state index is 0.0555. The highest BCUT2D eigenvalue weighted by atomic mass is 19.4. The van der Waals surface area contributed by atoms with Crippen LogP contribution in [0.4, 0.5) is 18.9 Å². The summed E-state index contributed by atoms with van der Waals surface area (Å²) in [4.78, 5) is 28.6. The van der Waals surface area contributed by atoms with Crippen LogP contribution in [0.3, 0.4) is 0 Å². The first-order valence-corrected chi connectivity index (χ1v) is 9.37. The smallest absolute Gasteiger partial charge is 0.368 e. The third-order valence-electron chi connectivity index (χ3n) is 4.54. The molecule has 1 aromatic rings. The Balaban J connectivity index is 1.85. The Bertz CT molecular complexity index is 686. The third kappa shape index (κ3) is 6.40. The fourth-order valence-corrected chi connectivity index (χ4v) is 3.17. The van der Waals surface area contributed by atoms with Gasteiger partial charge in [0.15, 0.2) is 13.1 Å². The molecule has 6 nitrogen and oxygen atoms in total. The molecule has 1 heterocycles. The minimum atomic E-state index is -4.37. The standard InChI is InChI=1S/C19H27F3N4O2/c1-14(2)23-17(27)12-24(3)13-18(28)26-9-7-25(8-10-26)16-6-4-5-15(11-16)19(20,21)22/h4-6,11,14H,7-10,12-13H2,1-3H3,(H,23,27)/p+1. The van der Waals surface area contributed by atoms with E-state index in [1.807, 2.05) is 18.7 Å². The first kappa shape index (κ1) is 22.0. The lowest BCUT2D eigenvalue weighted by atomic mass is 10.1. The van der Waals surface area contributed by atoms with E-state index in [4.69, 9.17) is 0 Å². The fourth-order valence-electron chi connectivity index (χ4n) is 3.17. The summed E-state index contributed by atoms with van der Waals surface area (Å²) in [5.41, 5.74) is -0.163. The van der Waals surface area contributed by atoms with Gasteiger partial charge in [0.05, 0.1) is 12.6 Å². The van der Waals surface area contributed by atoms with Gasteiger partial charge in [-0.1, -0.05) is 6.07 Å². The number of amides is 2. The van der Waals surface area contributed by atoms with Crippen molar-refractivity contribution in [2.24, 2.45) is 0 Å². The van der Waals surface area contributed by atoms with E-state index in [1.165, 1.54) is 6.07 Å². The second-order valence-electron chi connectivity index (χ2n) is 7.45. The van der Waals surface area contributed by atoms with Gasteiger partial charge in [-0.2, -0.15) is 13.2 Å². The predicted molar refractivity (Wildman–Crippen MR) is 100 cm³/mol. The molecular formula is C19H28F3N4O2+. The highest BCUT2D eigenvalue weighted by Crippen LogP contribution is 2.31. The molecule has 1 unspecified atom stereocenters. The number of alkyl halides is 3. The number of carbonyl (C=O) groups is 2. The lowest BCUT2D eigenvalue weighted by Gasteiger charge is -2.36. The van der Waals surface area contributed by atoms with Crippen LogP contribution in [-0.2, 0) is 15.8 Å². The van der Waals surface area contributed by atoms with Crippen molar-refractivity contribution in [3.8, 4) is 0 Å². The molecule has 28 heavy (non-hydrogen) atoms. The molecule has 1 atom stereocenters. The van der Waals surface area contributed by atoms with Crippen LogP contribution in [0, 0.1) is 0 Å². The molecule has 1 aliphatic heterocycles. The van der Waals surface area contributed by atoms with Crippen LogP contribution in [0.5, 0.6) is 0 Å². The number of carbonyl (C=O) groups excluding carboxylic acids is 2. The van der Waals surface area contributed by atoms with Gasteiger partial charge in [0.25, 0.3) is 11.8 Å². The SMILES string of the molecule is CC(C)NC(=O)C[NH+](C)CC(=O)N1CCN(c2cccc(C(F)(F)F)c2)CC1. The van der Waals surface area contributed by atoms with Crippen molar-refractivity contribution in [1.82, 2.24) is 10.2 Å². The van der Waals surface area contributed by atoms with Crippen molar-refractivity contribution in [3.05, 3.63) is 29.8 Å². The summed E-state index contributed by atoms with van der Waals surface area (Å²) in [6.07, 6.45) is -4.37. The van der Waals surface area contributed by atoms with Crippen molar-refractivity contribution in [3.63, 3.8) is 0 Å². The Kier molecular flexibility index (Phi) is 7.29. The highest BCUT2D eigenvalue weighted by molar-refractivity contribution is 5.79. The monoisotopic (exact) mass is 401 g/mol. The first-order chi connectivity index (χ1) is 13.1. The summed E-state index contributed by atoms with van der Waals surface area (Å²) in [6.45, 7) is 6.01. The molecule has 0 aromatic heterocycles. The molecule has 1 aliphatic rings. The van der Waals surface area contributed by atoms with E-state index >= 15 is 0 Å². The van der Waals surface area contributed by atoms with Crippen LogP contribution >= 0.6 is 0 Å². The summed E-state index contributed by atoms with van der Waals surface area (Å²) in [6, 6.07) is 5.30. The fraction of sp³-hybridized carbons (Fsp3) is 0.579. The average Bonchev–Trinajstić information content (AvgIpc) is 2.60. The first-order valence-electron chi connectivity index (χ1n) is 9.37. The van der Waals surface area contributed by atoms with Gasteiger partial charge in [-0.15, -0.1) is 0 Å². The zero-order chi connectivity index (χ0) is 20.9. The molecule has 2 amide bonds. The number of likely N-dealkylation sites (N-methyl/N-ethyl adjacent to an activating group) is 1. The van der Waals surface area contributed by atoms with Gasteiger partial charge in [-0.3, -0.25) is 9.59 Å². The van der Waals surface area contributed by atoms with Gasteiger partial charge >= 0.3 is 6.18 Å². The minimum Gasteiger partial charge on any atom is -0.368 e. The predicted octanol–water partition coefficient (Wildman–Crippen LogP) is 0.393. The van der Waals surface area contributed by atoms with Crippen molar-refractivity contribution < 1.29 is 27.7 Å². The number of anilines is 1. The molecule has 0 saturated carbocycles. The summed E-state index contributed by atoms with van der Waals surface area (Å²) in [7, 11) is 1.79. The Labute approximate surface area is 163 Å². The van der Waals surface area contributed by atoms with Crippen LogP contribution in [0.2, 0.25) is 0 Å². The zero-order valence-corrected chi connectivity index (χ0v) is 16.5. The van der Waals surface area contributed by atoms with Gasteiger partial charge in [-0.25, -0.2) is 0 Å². The number of hydrogen-bond acceptors (Lipinski definition) is 3. The molecule has 0 bridgehead atoms. The lowest BCUT2D eigenvalue weighted by molar-refractivity contribution is -0.863. The van der Waals surface area contributed by atoms with E-state index < -0.39 is 11.7 Å². The zero-order valence-electron chi connectivity index (χ0n) is 16.5. The molecule has 0 radical (unpaired) electrons. The number of rotatable bonds is 6. The summed E-state index contributed by atoms with van der Waals surface area (Å²) in [5.74, 6) is -0.159. The quantitative estimate of drug-likeness (QED) is 0.725. The Morgan fingerprint density at radius 1 is 1.14 bits per heavy atom. The van der Waals surface area contributed by atoms with Crippen LogP contribution in [0.25, 0.3) is 0 Å². The van der Waals surface area contributed by atoms with E-state index in [9.17, 15) is 22.8 Å². The Hall–Kier alpha value is -2.29.